The van der Waals surface area contributed by atoms with Crippen molar-refractivity contribution in [2.75, 3.05) is 6.61 Å². The van der Waals surface area contributed by atoms with Crippen LogP contribution in [-0.2, 0) is 0 Å². The first kappa shape index (κ1) is 13.9. The van der Waals surface area contributed by atoms with Crippen LogP contribution >= 0.6 is 50.5 Å². The van der Waals surface area contributed by atoms with Crippen LogP contribution in [0.3, 0.4) is 0 Å². The van der Waals surface area contributed by atoms with Gasteiger partial charge in [-0.15, -0.1) is 11.3 Å². The highest BCUT2D eigenvalue weighted by Gasteiger charge is 2.11. The van der Waals surface area contributed by atoms with Crippen LogP contribution in [0.5, 0.6) is 5.75 Å². The van der Waals surface area contributed by atoms with Gasteiger partial charge in [0.05, 0.1) is 14.2 Å². The number of halogens is 3. The third kappa shape index (κ3) is 3.48. The van der Waals surface area contributed by atoms with E-state index in [9.17, 15) is 4.79 Å². The van der Waals surface area contributed by atoms with Crippen LogP contribution in [0.25, 0.3) is 0 Å². The number of ether oxygens (including phenoxy) is 1. The Hall–Kier alpha value is -0.550. The van der Waals surface area contributed by atoms with Crippen LogP contribution in [0.2, 0.25) is 9.36 Å². The molecule has 0 amide bonds. The molecule has 1 aromatic carbocycles. The van der Waals surface area contributed by atoms with Crippen molar-refractivity contribution in [1.29, 1.82) is 0 Å². The Bertz CT molecular complexity index is 583. The van der Waals surface area contributed by atoms with Gasteiger partial charge in [-0.3, -0.25) is 4.79 Å². The number of ketones is 1. The molecular weight excluding hydrogens is 359 g/mol. The molecule has 0 bridgehead atoms. The molecule has 2 nitrogen and oxygen atoms in total. The van der Waals surface area contributed by atoms with Gasteiger partial charge in [-0.1, -0.05) is 39.1 Å². The lowest BCUT2D eigenvalue weighted by atomic mass is 10.3. The minimum absolute atomic E-state index is 0.0573. The normalized spacial score (nSPS) is 10.4. The number of carbonyl (C=O) groups excluding carboxylic acids is 1. The van der Waals surface area contributed by atoms with E-state index >= 15 is 0 Å². The smallest absolute Gasteiger partial charge is 0.210 e. The lowest BCUT2D eigenvalue weighted by molar-refractivity contribution is 0.0925. The molecule has 2 aromatic rings. The topological polar surface area (TPSA) is 26.3 Å². The van der Waals surface area contributed by atoms with Gasteiger partial charge in [0.15, 0.2) is 6.61 Å². The Morgan fingerprint density at radius 1 is 1.28 bits per heavy atom. The molecule has 94 valence electrons. The van der Waals surface area contributed by atoms with Gasteiger partial charge in [0.2, 0.25) is 5.78 Å². The number of benzene rings is 1. The molecule has 1 aromatic heterocycles. The highest BCUT2D eigenvalue weighted by Crippen LogP contribution is 2.28. The van der Waals surface area contributed by atoms with Crippen LogP contribution in [0.4, 0.5) is 0 Å². The van der Waals surface area contributed by atoms with Crippen LogP contribution < -0.4 is 4.74 Å². The third-order valence-corrected chi connectivity index (χ3v) is 4.16. The molecule has 2 rings (SSSR count). The number of thiophene rings is 1. The fourth-order valence-corrected chi connectivity index (χ4v) is 2.97. The summed E-state index contributed by atoms with van der Waals surface area (Å²) in [7, 11) is 0. The van der Waals surface area contributed by atoms with E-state index in [1.165, 1.54) is 11.3 Å². The van der Waals surface area contributed by atoms with Gasteiger partial charge < -0.3 is 4.74 Å². The van der Waals surface area contributed by atoms with E-state index in [4.69, 9.17) is 27.9 Å². The molecule has 0 saturated heterocycles. The van der Waals surface area contributed by atoms with Crippen molar-refractivity contribution in [2.45, 2.75) is 0 Å². The molecule has 0 N–H and O–H groups in total. The summed E-state index contributed by atoms with van der Waals surface area (Å²) in [4.78, 5) is 12.4. The number of carbonyl (C=O) groups is 1. The standard InChI is InChI=1S/C12H7BrCl2O2S/c13-7-1-2-10(8(14)5-7)17-6-9(16)11-3-4-12(15)18-11/h1-5H,6H2. The fourth-order valence-electron chi connectivity index (χ4n) is 1.27. The molecular formula is C12H7BrCl2O2S. The molecule has 0 aliphatic rings. The maximum absolute atomic E-state index is 11.8. The molecule has 0 radical (unpaired) electrons. The lowest BCUT2D eigenvalue weighted by Crippen LogP contribution is -2.10. The molecule has 18 heavy (non-hydrogen) atoms. The van der Waals surface area contributed by atoms with Gasteiger partial charge >= 0.3 is 0 Å². The maximum Gasteiger partial charge on any atom is 0.210 e. The molecule has 0 spiro atoms. The van der Waals surface area contributed by atoms with Crippen molar-refractivity contribution >= 4 is 56.3 Å². The van der Waals surface area contributed by atoms with Crippen LogP contribution in [0.1, 0.15) is 9.67 Å². The Kier molecular flexibility index (Phi) is 4.67. The highest BCUT2D eigenvalue weighted by molar-refractivity contribution is 9.10. The van der Waals surface area contributed by atoms with E-state index < -0.39 is 0 Å². The largest absolute Gasteiger partial charge is 0.484 e. The van der Waals surface area contributed by atoms with E-state index in [1.807, 2.05) is 0 Å². The Morgan fingerprint density at radius 2 is 2.06 bits per heavy atom. The third-order valence-electron chi connectivity index (χ3n) is 2.10. The molecule has 0 aliphatic heterocycles. The SMILES string of the molecule is O=C(COc1ccc(Br)cc1Cl)c1ccc(Cl)s1. The number of rotatable bonds is 4. The van der Waals surface area contributed by atoms with Crippen molar-refractivity contribution in [3.8, 4) is 5.75 Å². The van der Waals surface area contributed by atoms with Gasteiger partial charge in [-0.25, -0.2) is 0 Å². The average molecular weight is 366 g/mol. The molecule has 0 unspecified atom stereocenters. The van der Waals surface area contributed by atoms with Crippen LogP contribution in [-0.4, -0.2) is 12.4 Å². The van der Waals surface area contributed by atoms with Crippen molar-refractivity contribution in [3.05, 3.63) is 49.0 Å². The van der Waals surface area contributed by atoms with E-state index in [2.05, 4.69) is 15.9 Å². The Morgan fingerprint density at radius 3 is 2.67 bits per heavy atom. The second kappa shape index (κ2) is 6.06. The average Bonchev–Trinajstić information content (AvgIpc) is 2.74. The number of hydrogen-bond donors (Lipinski definition) is 0. The Labute approximate surface area is 127 Å². The van der Waals surface area contributed by atoms with E-state index in [0.29, 0.717) is 20.0 Å². The van der Waals surface area contributed by atoms with Gasteiger partial charge in [0.25, 0.3) is 0 Å². The minimum Gasteiger partial charge on any atom is -0.484 e. The van der Waals surface area contributed by atoms with Crippen LogP contribution in [0.15, 0.2) is 34.8 Å². The first-order valence-electron chi connectivity index (χ1n) is 4.92. The molecule has 0 aliphatic carbocycles. The zero-order valence-electron chi connectivity index (χ0n) is 8.95. The highest BCUT2D eigenvalue weighted by atomic mass is 79.9. The predicted octanol–water partition coefficient (Wildman–Crippen LogP) is 5.08. The van der Waals surface area contributed by atoms with Gasteiger partial charge in [-0.05, 0) is 30.3 Å². The fraction of sp³-hybridized carbons (Fsp3) is 0.0833. The van der Waals surface area contributed by atoms with E-state index in [1.54, 1.807) is 30.3 Å². The second-order valence-electron chi connectivity index (χ2n) is 3.39. The molecule has 6 heteroatoms. The molecule has 1 heterocycles. The molecule has 0 atom stereocenters. The zero-order chi connectivity index (χ0) is 13.1. The minimum atomic E-state index is -0.120. The number of Topliss-reactive ketones (excluding diaryl/α,β-unsaturated/α-hetero) is 1. The lowest BCUT2D eigenvalue weighted by Gasteiger charge is -2.06. The summed E-state index contributed by atoms with van der Waals surface area (Å²) in [6.45, 7) is -0.0573. The summed E-state index contributed by atoms with van der Waals surface area (Å²) in [6, 6.07) is 8.59. The summed E-state index contributed by atoms with van der Waals surface area (Å²) < 4.78 is 6.82. The summed E-state index contributed by atoms with van der Waals surface area (Å²) in [5.74, 6) is 0.363. The van der Waals surface area contributed by atoms with Crippen molar-refractivity contribution in [1.82, 2.24) is 0 Å². The van der Waals surface area contributed by atoms with Gasteiger partial charge in [-0.2, -0.15) is 0 Å². The van der Waals surface area contributed by atoms with Gasteiger partial charge in [0.1, 0.15) is 5.75 Å². The summed E-state index contributed by atoms with van der Waals surface area (Å²) in [6.07, 6.45) is 0. The molecule has 0 fully saturated rings. The zero-order valence-corrected chi connectivity index (χ0v) is 12.9. The number of hydrogen-bond acceptors (Lipinski definition) is 3. The van der Waals surface area contributed by atoms with Crippen LogP contribution in [0, 0.1) is 0 Å². The van der Waals surface area contributed by atoms with E-state index in [-0.39, 0.29) is 12.4 Å². The predicted molar refractivity (Wildman–Crippen MR) is 78.3 cm³/mol. The molecule has 0 saturated carbocycles. The van der Waals surface area contributed by atoms with E-state index in [0.717, 1.165) is 4.47 Å². The first-order chi connectivity index (χ1) is 8.56. The second-order valence-corrected chi connectivity index (χ2v) is 6.43. The quantitative estimate of drug-likeness (QED) is 0.706. The monoisotopic (exact) mass is 364 g/mol. The summed E-state index contributed by atoms with van der Waals surface area (Å²) in [5, 5.41) is 0.460. The first-order valence-corrected chi connectivity index (χ1v) is 7.29. The van der Waals surface area contributed by atoms with Crippen molar-refractivity contribution in [3.63, 3.8) is 0 Å². The summed E-state index contributed by atoms with van der Waals surface area (Å²) >= 11 is 16.3. The summed E-state index contributed by atoms with van der Waals surface area (Å²) in [5.41, 5.74) is 0. The Balaban J connectivity index is 2.01. The van der Waals surface area contributed by atoms with Crippen molar-refractivity contribution < 1.29 is 9.53 Å². The van der Waals surface area contributed by atoms with Gasteiger partial charge in [0, 0.05) is 4.47 Å². The maximum atomic E-state index is 11.8. The van der Waals surface area contributed by atoms with Crippen molar-refractivity contribution in [2.24, 2.45) is 0 Å².